The maximum absolute atomic E-state index is 10.5. The minimum atomic E-state index is -0.788. The summed E-state index contributed by atoms with van der Waals surface area (Å²) in [6, 6.07) is 8.03. The van der Waals surface area contributed by atoms with Crippen molar-refractivity contribution in [2.75, 3.05) is 5.75 Å². The molecule has 0 aliphatic carbocycles. The van der Waals surface area contributed by atoms with Crippen molar-refractivity contribution in [2.45, 2.75) is 31.6 Å². The van der Waals surface area contributed by atoms with E-state index in [0.717, 1.165) is 23.5 Å². The maximum atomic E-state index is 10.5. The van der Waals surface area contributed by atoms with Crippen LogP contribution in [0.5, 0.6) is 0 Å². The summed E-state index contributed by atoms with van der Waals surface area (Å²) < 4.78 is 0. The van der Waals surface area contributed by atoms with Gasteiger partial charge >= 0.3 is 5.97 Å². The molecular weight excluding hydrogens is 234 g/mol. The van der Waals surface area contributed by atoms with Crippen LogP contribution in [0.4, 0.5) is 0 Å². The van der Waals surface area contributed by atoms with Crippen molar-refractivity contribution < 1.29 is 9.90 Å². The van der Waals surface area contributed by atoms with E-state index in [1.165, 1.54) is 5.56 Å². The normalized spacial score (nSPS) is 12.4. The molecule has 1 aromatic carbocycles. The topological polar surface area (TPSA) is 63.3 Å². The largest absolute Gasteiger partial charge is 0.481 e. The van der Waals surface area contributed by atoms with Crippen LogP contribution in [0.2, 0.25) is 0 Å². The van der Waals surface area contributed by atoms with Crippen LogP contribution in [0.25, 0.3) is 0 Å². The molecular formula is C13H19NO2S. The summed E-state index contributed by atoms with van der Waals surface area (Å²) in [4.78, 5) is 10.5. The Bertz CT molecular complexity index is 349. The second kappa shape index (κ2) is 7.35. The van der Waals surface area contributed by atoms with Gasteiger partial charge in [-0.2, -0.15) is 11.8 Å². The maximum Gasteiger partial charge on any atom is 0.307 e. The first kappa shape index (κ1) is 14.1. The van der Waals surface area contributed by atoms with Crippen molar-refractivity contribution in [3.63, 3.8) is 0 Å². The molecule has 1 aromatic rings. The zero-order valence-electron chi connectivity index (χ0n) is 10.1. The number of aliphatic carboxylic acids is 1. The van der Waals surface area contributed by atoms with E-state index in [4.69, 9.17) is 10.8 Å². The first-order chi connectivity index (χ1) is 8.08. The fraction of sp³-hybridized carbons (Fsp3) is 0.462. The molecule has 3 nitrogen and oxygen atoms in total. The lowest BCUT2D eigenvalue weighted by atomic mass is 10.1. The fourth-order valence-corrected chi connectivity index (χ4v) is 2.50. The fourth-order valence-electron chi connectivity index (χ4n) is 1.39. The number of thioether (sulfide) groups is 1. The zero-order chi connectivity index (χ0) is 12.7. The molecule has 0 fully saturated rings. The van der Waals surface area contributed by atoms with E-state index in [0.29, 0.717) is 0 Å². The van der Waals surface area contributed by atoms with Gasteiger partial charge in [-0.15, -0.1) is 0 Å². The molecule has 94 valence electrons. The molecule has 4 heteroatoms. The van der Waals surface area contributed by atoms with Crippen LogP contribution in [0.3, 0.4) is 0 Å². The standard InChI is InChI=1S/C13H19NO2S/c1-10(14)6-7-17-9-12-4-2-11(3-5-12)8-13(15)16/h2-5,10H,6-9,14H2,1H3,(H,15,16). The number of rotatable bonds is 7. The number of carbonyl (C=O) groups is 1. The number of carboxylic acids is 1. The lowest BCUT2D eigenvalue weighted by molar-refractivity contribution is -0.136. The van der Waals surface area contributed by atoms with Crippen LogP contribution in [-0.2, 0) is 17.0 Å². The van der Waals surface area contributed by atoms with Gasteiger partial charge in [-0.05, 0) is 30.2 Å². The molecule has 0 radical (unpaired) electrons. The molecule has 0 bridgehead atoms. The molecule has 0 amide bonds. The number of nitrogens with two attached hydrogens (primary N) is 1. The van der Waals surface area contributed by atoms with Crippen LogP contribution in [0.15, 0.2) is 24.3 Å². The quantitative estimate of drug-likeness (QED) is 0.732. The molecule has 0 spiro atoms. The van der Waals surface area contributed by atoms with Gasteiger partial charge in [0.1, 0.15) is 0 Å². The van der Waals surface area contributed by atoms with E-state index in [1.54, 1.807) is 0 Å². The Morgan fingerprint density at radius 3 is 2.47 bits per heavy atom. The van der Waals surface area contributed by atoms with Gasteiger partial charge in [-0.25, -0.2) is 0 Å². The van der Waals surface area contributed by atoms with Gasteiger partial charge in [0.05, 0.1) is 6.42 Å². The van der Waals surface area contributed by atoms with Crippen LogP contribution in [0, 0.1) is 0 Å². The summed E-state index contributed by atoms with van der Waals surface area (Å²) in [5.41, 5.74) is 7.75. The molecule has 17 heavy (non-hydrogen) atoms. The summed E-state index contributed by atoms with van der Waals surface area (Å²) in [5.74, 6) is 1.23. The first-order valence-electron chi connectivity index (χ1n) is 5.71. The van der Waals surface area contributed by atoms with E-state index in [9.17, 15) is 4.79 Å². The molecule has 1 unspecified atom stereocenters. The van der Waals surface area contributed by atoms with Crippen molar-refractivity contribution in [3.8, 4) is 0 Å². The Morgan fingerprint density at radius 2 is 1.94 bits per heavy atom. The Morgan fingerprint density at radius 1 is 1.35 bits per heavy atom. The average Bonchev–Trinajstić information content (AvgIpc) is 2.25. The van der Waals surface area contributed by atoms with Crippen molar-refractivity contribution >= 4 is 17.7 Å². The van der Waals surface area contributed by atoms with Gasteiger partial charge in [0.15, 0.2) is 0 Å². The van der Waals surface area contributed by atoms with E-state index >= 15 is 0 Å². The van der Waals surface area contributed by atoms with Crippen LogP contribution < -0.4 is 5.73 Å². The van der Waals surface area contributed by atoms with Gasteiger partial charge in [0.25, 0.3) is 0 Å². The van der Waals surface area contributed by atoms with Gasteiger partial charge in [-0.3, -0.25) is 4.79 Å². The Hall–Kier alpha value is -1.00. The molecule has 0 aliphatic heterocycles. The zero-order valence-corrected chi connectivity index (χ0v) is 10.9. The van der Waals surface area contributed by atoms with E-state index in [2.05, 4.69) is 0 Å². The molecule has 0 heterocycles. The molecule has 0 aromatic heterocycles. The third-order valence-corrected chi connectivity index (χ3v) is 3.43. The number of carboxylic acid groups (broad SMARTS) is 1. The van der Waals surface area contributed by atoms with Crippen molar-refractivity contribution in [1.29, 1.82) is 0 Å². The predicted octanol–water partition coefficient (Wildman–Crippen LogP) is 2.28. The molecule has 1 rings (SSSR count). The number of hydrogen-bond acceptors (Lipinski definition) is 3. The van der Waals surface area contributed by atoms with Gasteiger partial charge < -0.3 is 10.8 Å². The summed E-state index contributed by atoms with van der Waals surface area (Å²) in [7, 11) is 0. The highest BCUT2D eigenvalue weighted by molar-refractivity contribution is 7.98. The van der Waals surface area contributed by atoms with E-state index in [-0.39, 0.29) is 12.5 Å². The van der Waals surface area contributed by atoms with Crippen molar-refractivity contribution in [2.24, 2.45) is 5.73 Å². The third kappa shape index (κ3) is 6.34. The SMILES string of the molecule is CC(N)CCSCc1ccc(CC(=O)O)cc1. The Balaban J connectivity index is 2.32. The number of hydrogen-bond donors (Lipinski definition) is 2. The average molecular weight is 253 g/mol. The van der Waals surface area contributed by atoms with Gasteiger partial charge in [-0.1, -0.05) is 24.3 Å². The molecule has 1 atom stereocenters. The number of benzene rings is 1. The third-order valence-electron chi connectivity index (χ3n) is 2.36. The van der Waals surface area contributed by atoms with Gasteiger partial charge in [0, 0.05) is 11.8 Å². The first-order valence-corrected chi connectivity index (χ1v) is 6.86. The van der Waals surface area contributed by atoms with Gasteiger partial charge in [0.2, 0.25) is 0 Å². The van der Waals surface area contributed by atoms with Crippen LogP contribution >= 0.6 is 11.8 Å². The van der Waals surface area contributed by atoms with Crippen molar-refractivity contribution in [3.05, 3.63) is 35.4 Å². The van der Waals surface area contributed by atoms with E-state index < -0.39 is 5.97 Å². The van der Waals surface area contributed by atoms with Crippen LogP contribution in [0.1, 0.15) is 24.5 Å². The monoisotopic (exact) mass is 253 g/mol. The lowest BCUT2D eigenvalue weighted by Gasteiger charge is -2.05. The molecule has 3 N–H and O–H groups in total. The molecule has 0 saturated carbocycles. The Kier molecular flexibility index (Phi) is 6.08. The smallest absolute Gasteiger partial charge is 0.307 e. The molecule has 0 aliphatic rings. The highest BCUT2D eigenvalue weighted by Gasteiger charge is 2.01. The van der Waals surface area contributed by atoms with Crippen LogP contribution in [-0.4, -0.2) is 22.9 Å². The minimum absolute atomic E-state index is 0.0953. The summed E-state index contributed by atoms with van der Waals surface area (Å²) >= 11 is 1.86. The lowest BCUT2D eigenvalue weighted by Crippen LogP contribution is -2.15. The molecule has 0 saturated heterocycles. The van der Waals surface area contributed by atoms with Crippen molar-refractivity contribution in [1.82, 2.24) is 0 Å². The highest BCUT2D eigenvalue weighted by Crippen LogP contribution is 2.14. The second-order valence-electron chi connectivity index (χ2n) is 4.21. The highest BCUT2D eigenvalue weighted by atomic mass is 32.2. The summed E-state index contributed by atoms with van der Waals surface area (Å²) in [5, 5.41) is 8.65. The Labute approximate surface area is 106 Å². The summed E-state index contributed by atoms with van der Waals surface area (Å²) in [6.07, 6.45) is 1.12. The minimum Gasteiger partial charge on any atom is -0.481 e. The second-order valence-corrected chi connectivity index (χ2v) is 5.31. The van der Waals surface area contributed by atoms with E-state index in [1.807, 2.05) is 43.0 Å². The predicted molar refractivity (Wildman–Crippen MR) is 72.2 cm³/mol. The summed E-state index contributed by atoms with van der Waals surface area (Å²) in [6.45, 7) is 2.02.